The Bertz CT molecular complexity index is 512. The van der Waals surface area contributed by atoms with Gasteiger partial charge in [0.05, 0.1) is 6.10 Å². The topological polar surface area (TPSA) is 79.3 Å². The maximum atomic E-state index is 12.7. The molecule has 2 unspecified atom stereocenters. The number of anilines is 2. The van der Waals surface area contributed by atoms with Crippen molar-refractivity contribution in [2.75, 3.05) is 30.8 Å². The first-order chi connectivity index (χ1) is 9.74. The molecule has 1 fully saturated rings. The molecule has 9 heteroatoms. The molecule has 1 aromatic heterocycles. The third kappa shape index (κ3) is 3.53. The SMILES string of the molecule is CNc1cc(NCC2(O)CCOC2C)nc(C(F)(F)F)n1. The second kappa shape index (κ2) is 5.64. The Balaban J connectivity index is 2.16. The van der Waals surface area contributed by atoms with Crippen LogP contribution in [-0.4, -0.2) is 47.0 Å². The van der Waals surface area contributed by atoms with Crippen molar-refractivity contribution < 1.29 is 23.0 Å². The second-order valence-electron chi connectivity index (χ2n) is 4.93. The van der Waals surface area contributed by atoms with Crippen LogP contribution in [0.1, 0.15) is 19.2 Å². The van der Waals surface area contributed by atoms with Crippen molar-refractivity contribution in [3.63, 3.8) is 0 Å². The second-order valence-corrected chi connectivity index (χ2v) is 4.93. The smallest absolute Gasteiger partial charge is 0.385 e. The van der Waals surface area contributed by atoms with E-state index in [0.29, 0.717) is 13.0 Å². The van der Waals surface area contributed by atoms with Crippen LogP contribution in [0, 0.1) is 0 Å². The van der Waals surface area contributed by atoms with Crippen molar-refractivity contribution >= 4 is 11.6 Å². The van der Waals surface area contributed by atoms with Crippen molar-refractivity contribution in [2.24, 2.45) is 0 Å². The van der Waals surface area contributed by atoms with Crippen molar-refractivity contribution in [3.8, 4) is 0 Å². The third-order valence-electron chi connectivity index (χ3n) is 3.47. The van der Waals surface area contributed by atoms with Gasteiger partial charge in [-0.2, -0.15) is 13.2 Å². The summed E-state index contributed by atoms with van der Waals surface area (Å²) in [5, 5.41) is 15.6. The Kier molecular flexibility index (Phi) is 4.24. The minimum absolute atomic E-state index is 0.00537. The lowest BCUT2D eigenvalue weighted by Gasteiger charge is -2.26. The van der Waals surface area contributed by atoms with Crippen molar-refractivity contribution in [3.05, 3.63) is 11.9 Å². The van der Waals surface area contributed by atoms with Gasteiger partial charge in [-0.05, 0) is 6.92 Å². The summed E-state index contributed by atoms with van der Waals surface area (Å²) in [5.41, 5.74) is -1.12. The molecule has 1 aromatic rings. The quantitative estimate of drug-likeness (QED) is 0.782. The fraction of sp³-hybridized carbons (Fsp3) is 0.667. The standard InChI is InChI=1S/C12H17F3N4O2/c1-7-11(20,3-4-21-7)6-17-9-5-8(16-2)18-10(19-9)12(13,14)15/h5,7,20H,3-4,6H2,1-2H3,(H2,16,17,18,19). The van der Waals surface area contributed by atoms with Crippen LogP contribution in [0.4, 0.5) is 24.8 Å². The van der Waals surface area contributed by atoms with E-state index in [2.05, 4.69) is 20.6 Å². The van der Waals surface area contributed by atoms with E-state index in [1.807, 2.05) is 0 Å². The number of aliphatic hydroxyl groups is 1. The first-order valence-electron chi connectivity index (χ1n) is 6.46. The van der Waals surface area contributed by atoms with Crippen LogP contribution in [0.5, 0.6) is 0 Å². The van der Waals surface area contributed by atoms with Crippen LogP contribution in [0.15, 0.2) is 6.07 Å². The Morgan fingerprint density at radius 3 is 2.62 bits per heavy atom. The number of nitrogens with zero attached hydrogens (tertiary/aromatic N) is 2. The van der Waals surface area contributed by atoms with E-state index in [4.69, 9.17) is 4.74 Å². The van der Waals surface area contributed by atoms with Crippen molar-refractivity contribution in [2.45, 2.75) is 31.2 Å². The van der Waals surface area contributed by atoms with Gasteiger partial charge in [0.1, 0.15) is 17.2 Å². The molecule has 0 spiro atoms. The minimum atomic E-state index is -4.63. The Morgan fingerprint density at radius 1 is 1.43 bits per heavy atom. The monoisotopic (exact) mass is 306 g/mol. The molecule has 0 saturated carbocycles. The molecule has 0 bridgehead atoms. The molecule has 118 valence electrons. The summed E-state index contributed by atoms with van der Waals surface area (Å²) in [7, 11) is 1.46. The van der Waals surface area contributed by atoms with E-state index in [0.717, 1.165) is 0 Å². The molecule has 0 aliphatic carbocycles. The fourth-order valence-electron chi connectivity index (χ4n) is 2.04. The molecule has 1 aliphatic rings. The normalized spacial score (nSPS) is 25.9. The summed E-state index contributed by atoms with van der Waals surface area (Å²) in [6.45, 7) is 2.18. The predicted octanol–water partition coefficient (Wildman–Crippen LogP) is 1.49. The van der Waals surface area contributed by atoms with Crippen LogP contribution in [0.2, 0.25) is 0 Å². The number of ether oxygens (including phenoxy) is 1. The summed E-state index contributed by atoms with van der Waals surface area (Å²) >= 11 is 0. The van der Waals surface area contributed by atoms with Crippen molar-refractivity contribution in [1.29, 1.82) is 0 Å². The lowest BCUT2D eigenvalue weighted by atomic mass is 9.97. The average molecular weight is 306 g/mol. The molecule has 2 atom stereocenters. The van der Waals surface area contributed by atoms with Gasteiger partial charge in [0, 0.05) is 32.7 Å². The highest BCUT2D eigenvalue weighted by Gasteiger charge is 2.40. The van der Waals surface area contributed by atoms with Gasteiger partial charge in [-0.25, -0.2) is 9.97 Å². The van der Waals surface area contributed by atoms with Gasteiger partial charge in [0.25, 0.3) is 0 Å². The molecule has 6 nitrogen and oxygen atoms in total. The van der Waals surface area contributed by atoms with E-state index < -0.39 is 23.7 Å². The number of aromatic nitrogens is 2. The summed E-state index contributed by atoms with van der Waals surface area (Å²) in [6, 6.07) is 1.35. The number of hydrogen-bond acceptors (Lipinski definition) is 6. The van der Waals surface area contributed by atoms with Gasteiger partial charge >= 0.3 is 6.18 Å². The van der Waals surface area contributed by atoms with E-state index >= 15 is 0 Å². The highest BCUT2D eigenvalue weighted by atomic mass is 19.4. The molecular weight excluding hydrogens is 289 g/mol. The summed E-state index contributed by atoms with van der Waals surface area (Å²) < 4.78 is 43.4. The van der Waals surface area contributed by atoms with Gasteiger partial charge in [-0.1, -0.05) is 0 Å². The molecule has 2 rings (SSSR count). The minimum Gasteiger partial charge on any atom is -0.385 e. The van der Waals surface area contributed by atoms with Crippen LogP contribution in [0.3, 0.4) is 0 Å². The summed E-state index contributed by atoms with van der Waals surface area (Å²) in [5.74, 6) is -1.20. The predicted molar refractivity (Wildman–Crippen MR) is 70.1 cm³/mol. The molecule has 0 amide bonds. The van der Waals surface area contributed by atoms with E-state index in [-0.39, 0.29) is 18.2 Å². The lowest BCUT2D eigenvalue weighted by Crippen LogP contribution is -2.43. The highest BCUT2D eigenvalue weighted by molar-refractivity contribution is 5.47. The Morgan fingerprint density at radius 2 is 2.10 bits per heavy atom. The first kappa shape index (κ1) is 15.8. The zero-order valence-electron chi connectivity index (χ0n) is 11.7. The van der Waals surface area contributed by atoms with Crippen LogP contribution in [0.25, 0.3) is 0 Å². The average Bonchev–Trinajstić information content (AvgIpc) is 2.75. The Labute approximate surface area is 119 Å². The largest absolute Gasteiger partial charge is 0.451 e. The van der Waals surface area contributed by atoms with E-state index in [9.17, 15) is 18.3 Å². The number of hydrogen-bond donors (Lipinski definition) is 3. The fourth-order valence-corrected chi connectivity index (χ4v) is 2.04. The molecule has 21 heavy (non-hydrogen) atoms. The maximum Gasteiger partial charge on any atom is 0.451 e. The number of halogens is 3. The zero-order valence-corrected chi connectivity index (χ0v) is 11.7. The van der Waals surface area contributed by atoms with E-state index in [1.54, 1.807) is 6.92 Å². The number of alkyl halides is 3. The first-order valence-corrected chi connectivity index (χ1v) is 6.46. The van der Waals surface area contributed by atoms with Gasteiger partial charge in [0.15, 0.2) is 0 Å². The van der Waals surface area contributed by atoms with Crippen LogP contribution >= 0.6 is 0 Å². The molecule has 2 heterocycles. The molecule has 0 radical (unpaired) electrons. The van der Waals surface area contributed by atoms with E-state index in [1.165, 1.54) is 13.1 Å². The van der Waals surface area contributed by atoms with Gasteiger partial charge in [0.2, 0.25) is 5.82 Å². The Hall–Kier alpha value is -1.61. The molecule has 1 aliphatic heterocycles. The van der Waals surface area contributed by atoms with Gasteiger partial charge in [-0.15, -0.1) is 0 Å². The molecule has 1 saturated heterocycles. The number of nitrogens with one attached hydrogen (secondary N) is 2. The molecule has 3 N–H and O–H groups in total. The van der Waals surface area contributed by atoms with Gasteiger partial charge < -0.3 is 20.5 Å². The molecule has 0 aromatic carbocycles. The molecular formula is C12H17F3N4O2. The summed E-state index contributed by atoms with van der Waals surface area (Å²) in [4.78, 5) is 6.79. The van der Waals surface area contributed by atoms with Crippen LogP contribution in [-0.2, 0) is 10.9 Å². The van der Waals surface area contributed by atoms with Crippen molar-refractivity contribution in [1.82, 2.24) is 9.97 Å². The van der Waals surface area contributed by atoms with Crippen LogP contribution < -0.4 is 10.6 Å². The number of rotatable bonds is 4. The summed E-state index contributed by atoms with van der Waals surface area (Å²) in [6.07, 6.45) is -4.61. The van der Waals surface area contributed by atoms with Gasteiger partial charge in [-0.3, -0.25) is 0 Å². The zero-order chi connectivity index (χ0) is 15.7. The maximum absolute atomic E-state index is 12.7. The highest BCUT2D eigenvalue weighted by Crippen LogP contribution is 2.29. The lowest BCUT2D eigenvalue weighted by molar-refractivity contribution is -0.144. The third-order valence-corrected chi connectivity index (χ3v) is 3.47.